The van der Waals surface area contributed by atoms with Crippen molar-refractivity contribution in [2.24, 2.45) is 0 Å². The average Bonchev–Trinajstić information content (AvgIpc) is 2.44. The molecule has 0 spiro atoms. The molecule has 21 heavy (non-hydrogen) atoms. The summed E-state index contributed by atoms with van der Waals surface area (Å²) in [5.41, 5.74) is -1.21. The Morgan fingerprint density at radius 2 is 1.76 bits per heavy atom. The number of hydrogen-bond donors (Lipinski definition) is 2. The second-order valence-electron chi connectivity index (χ2n) is 4.85. The van der Waals surface area contributed by atoms with E-state index >= 15 is 0 Å². The first-order valence-electron chi connectivity index (χ1n) is 6.72. The van der Waals surface area contributed by atoms with Crippen molar-refractivity contribution in [1.29, 1.82) is 0 Å². The Kier molecular flexibility index (Phi) is 5.30. The Bertz CT molecular complexity index is 615. The van der Waals surface area contributed by atoms with Gasteiger partial charge in [0.2, 0.25) is 10.0 Å². The van der Waals surface area contributed by atoms with E-state index in [0.29, 0.717) is 19.3 Å². The molecule has 0 unspecified atom stereocenters. The maximum absolute atomic E-state index is 12.4. The molecule has 0 radical (unpaired) electrons. The van der Waals surface area contributed by atoms with E-state index in [-0.39, 0.29) is 4.90 Å². The fraction of sp³-hybridized carbons (Fsp3) is 0.538. The summed E-state index contributed by atoms with van der Waals surface area (Å²) in [7, 11) is -3.89. The molecule has 0 heterocycles. The third-order valence-electron chi connectivity index (χ3n) is 3.84. The number of rotatable bonds is 7. The standard InChI is InChI=1S/C13H20N2O5S/c1-4-13(5-2,6-3)14-21(19,20)10-7-8-12(16)11(9-10)15(17)18/h7-9,14,16H,4-6H2,1-3H3. The van der Waals surface area contributed by atoms with Crippen LogP contribution in [-0.2, 0) is 10.0 Å². The number of nitro groups is 1. The van der Waals surface area contributed by atoms with E-state index in [1.54, 1.807) is 0 Å². The Balaban J connectivity index is 3.26. The van der Waals surface area contributed by atoms with Gasteiger partial charge in [0, 0.05) is 11.6 Å². The normalized spacial score (nSPS) is 12.3. The molecule has 118 valence electrons. The van der Waals surface area contributed by atoms with E-state index in [1.807, 2.05) is 20.8 Å². The topological polar surface area (TPSA) is 110 Å². The maximum Gasteiger partial charge on any atom is 0.312 e. The summed E-state index contributed by atoms with van der Waals surface area (Å²) in [4.78, 5) is 9.74. The van der Waals surface area contributed by atoms with Crippen LogP contribution in [0.15, 0.2) is 23.1 Å². The van der Waals surface area contributed by atoms with Crippen molar-refractivity contribution < 1.29 is 18.4 Å². The lowest BCUT2D eigenvalue weighted by molar-refractivity contribution is -0.386. The zero-order chi connectivity index (χ0) is 16.3. The highest BCUT2D eigenvalue weighted by Crippen LogP contribution is 2.29. The molecule has 0 fully saturated rings. The zero-order valence-electron chi connectivity index (χ0n) is 12.3. The molecular weight excluding hydrogens is 296 g/mol. The van der Waals surface area contributed by atoms with Crippen LogP contribution in [-0.4, -0.2) is 24.0 Å². The molecule has 0 saturated carbocycles. The Morgan fingerprint density at radius 1 is 1.24 bits per heavy atom. The first-order valence-corrected chi connectivity index (χ1v) is 8.21. The van der Waals surface area contributed by atoms with Gasteiger partial charge in [-0.15, -0.1) is 0 Å². The monoisotopic (exact) mass is 316 g/mol. The lowest BCUT2D eigenvalue weighted by atomic mass is 9.91. The second-order valence-corrected chi connectivity index (χ2v) is 6.54. The molecule has 0 amide bonds. The summed E-state index contributed by atoms with van der Waals surface area (Å²) in [6.07, 6.45) is 1.83. The molecule has 0 saturated heterocycles. The van der Waals surface area contributed by atoms with E-state index in [1.165, 1.54) is 0 Å². The predicted octanol–water partition coefficient (Wildman–Crippen LogP) is 2.55. The minimum atomic E-state index is -3.89. The van der Waals surface area contributed by atoms with Crippen molar-refractivity contribution >= 4 is 15.7 Å². The smallest absolute Gasteiger partial charge is 0.312 e. The van der Waals surface area contributed by atoms with Gasteiger partial charge in [0.05, 0.1) is 9.82 Å². The minimum Gasteiger partial charge on any atom is -0.502 e. The first-order chi connectivity index (χ1) is 9.71. The molecule has 0 aliphatic carbocycles. The molecule has 8 heteroatoms. The van der Waals surface area contributed by atoms with Crippen molar-refractivity contribution in [2.45, 2.75) is 50.5 Å². The number of benzene rings is 1. The Hall–Kier alpha value is -1.67. The number of nitrogens with one attached hydrogen (secondary N) is 1. The van der Waals surface area contributed by atoms with Crippen LogP contribution in [0, 0.1) is 10.1 Å². The van der Waals surface area contributed by atoms with E-state index in [0.717, 1.165) is 18.2 Å². The predicted molar refractivity (Wildman–Crippen MR) is 78.7 cm³/mol. The molecule has 2 N–H and O–H groups in total. The summed E-state index contributed by atoms with van der Waals surface area (Å²) in [6, 6.07) is 3.03. The number of sulfonamides is 1. The SMILES string of the molecule is CCC(CC)(CC)NS(=O)(=O)c1ccc(O)c([N+](=O)[O-])c1. The molecule has 0 bridgehead atoms. The first kappa shape index (κ1) is 17.4. The van der Waals surface area contributed by atoms with Gasteiger partial charge in [-0.25, -0.2) is 13.1 Å². The molecular formula is C13H20N2O5S. The molecule has 0 atom stereocenters. The highest BCUT2D eigenvalue weighted by Gasteiger charge is 2.31. The fourth-order valence-electron chi connectivity index (χ4n) is 2.13. The third kappa shape index (κ3) is 3.70. The highest BCUT2D eigenvalue weighted by atomic mass is 32.2. The van der Waals surface area contributed by atoms with Gasteiger partial charge in [0.1, 0.15) is 0 Å². The Morgan fingerprint density at radius 3 is 2.19 bits per heavy atom. The number of hydrogen-bond acceptors (Lipinski definition) is 5. The minimum absolute atomic E-state index is 0.230. The van der Waals surface area contributed by atoms with E-state index in [9.17, 15) is 23.6 Å². The number of phenolic OH excluding ortho intramolecular Hbond substituents is 1. The lowest BCUT2D eigenvalue weighted by Gasteiger charge is -2.31. The fourth-order valence-corrected chi connectivity index (χ4v) is 3.76. The largest absolute Gasteiger partial charge is 0.502 e. The molecule has 0 aliphatic rings. The molecule has 1 aromatic rings. The molecule has 1 rings (SSSR count). The summed E-state index contributed by atoms with van der Waals surface area (Å²) >= 11 is 0. The van der Waals surface area contributed by atoms with E-state index in [4.69, 9.17) is 0 Å². The molecule has 0 aliphatic heterocycles. The molecule has 1 aromatic carbocycles. The number of nitro benzene ring substituents is 1. The molecule has 0 aromatic heterocycles. The maximum atomic E-state index is 12.4. The van der Waals surface area contributed by atoms with Crippen molar-refractivity contribution in [1.82, 2.24) is 4.72 Å². The van der Waals surface area contributed by atoms with Crippen LogP contribution in [0.1, 0.15) is 40.0 Å². The van der Waals surface area contributed by atoms with Crippen LogP contribution in [0.3, 0.4) is 0 Å². The van der Waals surface area contributed by atoms with E-state index in [2.05, 4.69) is 4.72 Å². The average molecular weight is 316 g/mol. The third-order valence-corrected chi connectivity index (χ3v) is 5.41. The molecule has 7 nitrogen and oxygen atoms in total. The lowest BCUT2D eigenvalue weighted by Crippen LogP contribution is -2.46. The van der Waals surface area contributed by atoms with Gasteiger partial charge in [-0.3, -0.25) is 10.1 Å². The second kappa shape index (κ2) is 6.40. The van der Waals surface area contributed by atoms with Gasteiger partial charge < -0.3 is 5.11 Å². The number of phenols is 1. The van der Waals surface area contributed by atoms with Crippen LogP contribution >= 0.6 is 0 Å². The van der Waals surface area contributed by atoms with Crippen LogP contribution in [0.25, 0.3) is 0 Å². The Labute approximate surface area is 124 Å². The summed E-state index contributed by atoms with van der Waals surface area (Å²) < 4.78 is 27.4. The van der Waals surface area contributed by atoms with Gasteiger partial charge in [0.15, 0.2) is 5.75 Å². The van der Waals surface area contributed by atoms with Gasteiger partial charge in [-0.1, -0.05) is 20.8 Å². The summed E-state index contributed by atoms with van der Waals surface area (Å²) in [6.45, 7) is 5.65. The van der Waals surface area contributed by atoms with Crippen molar-refractivity contribution in [3.8, 4) is 5.75 Å². The zero-order valence-corrected chi connectivity index (χ0v) is 13.1. The van der Waals surface area contributed by atoms with Crippen molar-refractivity contribution in [3.05, 3.63) is 28.3 Å². The van der Waals surface area contributed by atoms with Crippen molar-refractivity contribution in [2.75, 3.05) is 0 Å². The van der Waals surface area contributed by atoms with Crippen LogP contribution in [0.2, 0.25) is 0 Å². The highest BCUT2D eigenvalue weighted by molar-refractivity contribution is 7.89. The van der Waals surface area contributed by atoms with Gasteiger partial charge >= 0.3 is 5.69 Å². The van der Waals surface area contributed by atoms with Gasteiger partial charge in [0.25, 0.3) is 0 Å². The quantitative estimate of drug-likeness (QED) is 0.593. The summed E-state index contributed by atoms with van der Waals surface area (Å²) in [5, 5.41) is 20.2. The van der Waals surface area contributed by atoms with Gasteiger partial charge in [-0.2, -0.15) is 0 Å². The van der Waals surface area contributed by atoms with Gasteiger partial charge in [-0.05, 0) is 31.4 Å². The van der Waals surface area contributed by atoms with Crippen molar-refractivity contribution in [3.63, 3.8) is 0 Å². The summed E-state index contributed by atoms with van der Waals surface area (Å²) in [5.74, 6) is -0.563. The number of nitrogens with zero attached hydrogens (tertiary/aromatic N) is 1. The van der Waals surface area contributed by atoms with E-state index < -0.39 is 31.9 Å². The van der Waals surface area contributed by atoms with Crippen LogP contribution in [0.4, 0.5) is 5.69 Å². The number of aromatic hydroxyl groups is 1. The van der Waals surface area contributed by atoms with Crippen LogP contribution < -0.4 is 4.72 Å². The van der Waals surface area contributed by atoms with Crippen LogP contribution in [0.5, 0.6) is 5.75 Å².